The van der Waals surface area contributed by atoms with Crippen molar-refractivity contribution in [3.05, 3.63) is 45.5 Å². The highest BCUT2D eigenvalue weighted by molar-refractivity contribution is 5.56. The zero-order chi connectivity index (χ0) is 13.3. The van der Waals surface area contributed by atoms with Crippen molar-refractivity contribution >= 4 is 0 Å². The molecule has 0 fully saturated rings. The lowest BCUT2D eigenvalue weighted by Crippen LogP contribution is -2.14. The second-order valence-corrected chi connectivity index (χ2v) is 4.03. The van der Waals surface area contributed by atoms with E-state index >= 15 is 0 Å². The molecule has 18 heavy (non-hydrogen) atoms. The number of rotatable bonds is 2. The average Bonchev–Trinajstić information content (AvgIpc) is 2.32. The number of hydrogen-bond donors (Lipinski definition) is 2. The molecular weight excluding hydrogens is 235 g/mol. The van der Waals surface area contributed by atoms with Crippen molar-refractivity contribution in [3.8, 4) is 17.3 Å². The fraction of sp³-hybridized carbons (Fsp3) is 0.231. The van der Waals surface area contributed by atoms with E-state index < -0.39 is 5.56 Å². The first-order chi connectivity index (χ1) is 8.52. The Morgan fingerprint density at radius 1 is 1.44 bits per heavy atom. The molecule has 0 atom stereocenters. The van der Waals surface area contributed by atoms with Crippen LogP contribution in [0.4, 0.5) is 4.39 Å². The molecule has 0 spiro atoms. The topological polar surface area (TPSA) is 66.0 Å². The second-order valence-electron chi connectivity index (χ2n) is 4.03. The zero-order valence-electron chi connectivity index (χ0n) is 10.1. The van der Waals surface area contributed by atoms with E-state index in [4.69, 9.17) is 0 Å². The van der Waals surface area contributed by atoms with Gasteiger partial charge in [-0.1, -0.05) is 19.1 Å². The van der Waals surface area contributed by atoms with Crippen LogP contribution in [-0.2, 0) is 6.42 Å². The van der Waals surface area contributed by atoms with Gasteiger partial charge < -0.3 is 10.1 Å². The third kappa shape index (κ3) is 2.11. The van der Waals surface area contributed by atoms with E-state index in [9.17, 15) is 14.3 Å². The largest absolute Gasteiger partial charge is 0.493 e. The van der Waals surface area contributed by atoms with E-state index in [2.05, 4.69) is 9.97 Å². The van der Waals surface area contributed by atoms with Gasteiger partial charge in [-0.25, -0.2) is 4.39 Å². The molecule has 0 radical (unpaired) electrons. The van der Waals surface area contributed by atoms with E-state index in [0.29, 0.717) is 17.5 Å². The minimum atomic E-state index is -0.402. The Balaban J connectivity index is 2.58. The molecule has 4 nitrogen and oxygen atoms in total. The van der Waals surface area contributed by atoms with Crippen molar-refractivity contribution < 1.29 is 9.50 Å². The van der Waals surface area contributed by atoms with Crippen molar-refractivity contribution in [2.75, 3.05) is 0 Å². The minimum Gasteiger partial charge on any atom is -0.493 e. The lowest BCUT2D eigenvalue weighted by atomic mass is 10.1. The fourth-order valence-corrected chi connectivity index (χ4v) is 1.68. The first-order valence-electron chi connectivity index (χ1n) is 5.61. The number of hydrogen-bond acceptors (Lipinski definition) is 3. The molecule has 94 valence electrons. The van der Waals surface area contributed by atoms with Crippen molar-refractivity contribution in [1.29, 1.82) is 0 Å². The van der Waals surface area contributed by atoms with Crippen LogP contribution in [0.1, 0.15) is 18.1 Å². The number of H-pyrrole nitrogens is 1. The first-order valence-corrected chi connectivity index (χ1v) is 5.61. The van der Waals surface area contributed by atoms with E-state index in [0.717, 1.165) is 0 Å². The summed E-state index contributed by atoms with van der Waals surface area (Å²) in [7, 11) is 0. The Kier molecular flexibility index (Phi) is 3.14. The van der Waals surface area contributed by atoms with E-state index in [1.54, 1.807) is 26.0 Å². The third-order valence-electron chi connectivity index (χ3n) is 2.79. The summed E-state index contributed by atoms with van der Waals surface area (Å²) in [5.41, 5.74) is 0.760. The van der Waals surface area contributed by atoms with Crippen molar-refractivity contribution in [3.63, 3.8) is 0 Å². The van der Waals surface area contributed by atoms with Crippen molar-refractivity contribution in [2.45, 2.75) is 20.3 Å². The first kappa shape index (κ1) is 12.3. The molecule has 5 heteroatoms. The highest BCUT2D eigenvalue weighted by Crippen LogP contribution is 2.20. The van der Waals surface area contributed by atoms with Gasteiger partial charge in [-0.15, -0.1) is 0 Å². The van der Waals surface area contributed by atoms with Gasteiger partial charge in [-0.2, -0.15) is 4.98 Å². The number of halogens is 1. The van der Waals surface area contributed by atoms with Crippen LogP contribution in [0, 0.1) is 12.7 Å². The van der Waals surface area contributed by atoms with Crippen LogP contribution in [-0.4, -0.2) is 15.1 Å². The van der Waals surface area contributed by atoms with Gasteiger partial charge in [0.15, 0.2) is 0 Å². The van der Waals surface area contributed by atoms with Gasteiger partial charge in [0.1, 0.15) is 11.6 Å². The van der Waals surface area contributed by atoms with Crippen LogP contribution < -0.4 is 5.56 Å². The van der Waals surface area contributed by atoms with Gasteiger partial charge in [0.05, 0.1) is 5.56 Å². The summed E-state index contributed by atoms with van der Waals surface area (Å²) in [4.78, 5) is 18.1. The Labute approximate surface area is 103 Å². The summed E-state index contributed by atoms with van der Waals surface area (Å²) in [6.45, 7) is 3.39. The van der Waals surface area contributed by atoms with E-state index in [1.165, 1.54) is 6.07 Å². The van der Waals surface area contributed by atoms with Crippen LogP contribution in [0.25, 0.3) is 11.4 Å². The molecule has 1 heterocycles. The summed E-state index contributed by atoms with van der Waals surface area (Å²) in [5, 5.41) is 9.63. The number of aromatic amines is 1. The summed E-state index contributed by atoms with van der Waals surface area (Å²) in [6.07, 6.45) is 0.386. The molecule has 1 aromatic heterocycles. The second kappa shape index (κ2) is 4.60. The van der Waals surface area contributed by atoms with Gasteiger partial charge in [0.25, 0.3) is 5.56 Å². The number of aryl methyl sites for hydroxylation is 1. The zero-order valence-corrected chi connectivity index (χ0v) is 10.1. The monoisotopic (exact) mass is 248 g/mol. The lowest BCUT2D eigenvalue weighted by molar-refractivity contribution is 0.444. The number of aromatic hydroxyl groups is 1. The molecule has 2 aromatic rings. The molecule has 0 aliphatic rings. The molecule has 2 rings (SSSR count). The molecule has 0 unspecified atom stereocenters. The Bertz CT molecular complexity index is 650. The number of benzene rings is 1. The summed E-state index contributed by atoms with van der Waals surface area (Å²) in [6, 6.07) is 4.51. The number of nitrogens with one attached hydrogen (secondary N) is 1. The van der Waals surface area contributed by atoms with Gasteiger partial charge in [-0.3, -0.25) is 4.79 Å². The molecule has 0 saturated carbocycles. The maximum atomic E-state index is 13.4. The Morgan fingerprint density at radius 2 is 2.17 bits per heavy atom. The van der Waals surface area contributed by atoms with E-state index in [1.807, 2.05) is 0 Å². The maximum Gasteiger partial charge on any atom is 0.258 e. The van der Waals surface area contributed by atoms with Crippen molar-refractivity contribution in [1.82, 2.24) is 9.97 Å². The van der Waals surface area contributed by atoms with Crippen molar-refractivity contribution in [2.24, 2.45) is 0 Å². The molecular formula is C13H13FN2O2. The van der Waals surface area contributed by atoms with Crippen LogP contribution >= 0.6 is 0 Å². The summed E-state index contributed by atoms with van der Waals surface area (Å²) < 4.78 is 13.4. The lowest BCUT2D eigenvalue weighted by Gasteiger charge is -2.05. The predicted molar refractivity (Wildman–Crippen MR) is 66.0 cm³/mol. The van der Waals surface area contributed by atoms with E-state index in [-0.39, 0.29) is 23.1 Å². The number of aromatic nitrogens is 2. The van der Waals surface area contributed by atoms with Gasteiger partial charge in [-0.05, 0) is 25.0 Å². The van der Waals surface area contributed by atoms with Crippen LogP contribution in [0.2, 0.25) is 0 Å². The Hall–Kier alpha value is -2.17. The minimum absolute atomic E-state index is 0.161. The SMILES string of the molecule is CCc1c(O)nc(-c2ccc(C)c(F)c2)[nH]c1=O. The average molecular weight is 248 g/mol. The normalized spacial score (nSPS) is 10.6. The summed E-state index contributed by atoms with van der Waals surface area (Å²) in [5.74, 6) is -0.528. The Morgan fingerprint density at radius 3 is 2.72 bits per heavy atom. The van der Waals surface area contributed by atoms with Gasteiger partial charge in [0.2, 0.25) is 5.88 Å². The predicted octanol–water partition coefficient (Wildman–Crippen LogP) is 2.15. The molecule has 0 amide bonds. The highest BCUT2D eigenvalue weighted by atomic mass is 19.1. The molecule has 1 aromatic carbocycles. The molecule has 0 saturated heterocycles. The van der Waals surface area contributed by atoms with Crippen LogP contribution in [0.3, 0.4) is 0 Å². The standard InChI is InChI=1S/C13H13FN2O2/c1-3-9-12(17)15-11(16-13(9)18)8-5-4-7(2)10(14)6-8/h4-6H,3H2,1-2H3,(H2,15,16,17,18). The quantitative estimate of drug-likeness (QED) is 0.855. The summed E-state index contributed by atoms with van der Waals surface area (Å²) >= 11 is 0. The van der Waals surface area contributed by atoms with Crippen LogP contribution in [0.5, 0.6) is 5.88 Å². The molecule has 2 N–H and O–H groups in total. The van der Waals surface area contributed by atoms with Crippen LogP contribution in [0.15, 0.2) is 23.0 Å². The smallest absolute Gasteiger partial charge is 0.258 e. The maximum absolute atomic E-state index is 13.4. The fourth-order valence-electron chi connectivity index (χ4n) is 1.68. The molecule has 0 aliphatic heterocycles. The molecule has 0 aliphatic carbocycles. The number of nitrogens with zero attached hydrogens (tertiary/aromatic N) is 1. The van der Waals surface area contributed by atoms with Gasteiger partial charge in [0, 0.05) is 5.56 Å². The highest BCUT2D eigenvalue weighted by Gasteiger charge is 2.11. The molecule has 0 bridgehead atoms. The van der Waals surface area contributed by atoms with Gasteiger partial charge >= 0.3 is 0 Å². The third-order valence-corrected chi connectivity index (χ3v) is 2.79.